The molecule has 15 heavy (non-hydrogen) atoms. The van der Waals surface area contributed by atoms with Crippen LogP contribution in [0, 0.1) is 5.92 Å². The SMILES string of the molecule is CC1=CC=C(C(=O)CCC(=O)O)C(C)C1. The van der Waals surface area contributed by atoms with Crippen LogP contribution in [0.3, 0.4) is 0 Å². The van der Waals surface area contributed by atoms with Gasteiger partial charge in [0.25, 0.3) is 0 Å². The molecule has 0 saturated heterocycles. The van der Waals surface area contributed by atoms with Crippen LogP contribution in [0.1, 0.15) is 33.1 Å². The first kappa shape index (κ1) is 11.7. The summed E-state index contributed by atoms with van der Waals surface area (Å²) in [6, 6.07) is 0. The molecule has 0 saturated carbocycles. The maximum Gasteiger partial charge on any atom is 0.303 e. The Morgan fingerprint density at radius 3 is 2.60 bits per heavy atom. The molecule has 0 fully saturated rings. The van der Waals surface area contributed by atoms with E-state index in [1.54, 1.807) is 0 Å². The molecule has 1 aliphatic rings. The smallest absolute Gasteiger partial charge is 0.303 e. The Morgan fingerprint density at radius 2 is 2.07 bits per heavy atom. The van der Waals surface area contributed by atoms with Crippen molar-refractivity contribution in [1.29, 1.82) is 0 Å². The number of Topliss-reactive ketones (excluding diaryl/α,β-unsaturated/α-hetero) is 1. The quantitative estimate of drug-likeness (QED) is 0.771. The van der Waals surface area contributed by atoms with Crippen molar-refractivity contribution in [3.63, 3.8) is 0 Å². The molecule has 0 bridgehead atoms. The van der Waals surface area contributed by atoms with Gasteiger partial charge in [-0.2, -0.15) is 0 Å². The van der Waals surface area contributed by atoms with Gasteiger partial charge in [0.2, 0.25) is 0 Å². The van der Waals surface area contributed by atoms with Gasteiger partial charge < -0.3 is 5.11 Å². The molecule has 0 radical (unpaired) electrons. The molecule has 3 nitrogen and oxygen atoms in total. The summed E-state index contributed by atoms with van der Waals surface area (Å²) >= 11 is 0. The Morgan fingerprint density at radius 1 is 1.40 bits per heavy atom. The van der Waals surface area contributed by atoms with Crippen LogP contribution in [0.15, 0.2) is 23.3 Å². The normalized spacial score (nSPS) is 20.5. The number of carbonyl (C=O) groups excluding carboxylic acids is 1. The summed E-state index contributed by atoms with van der Waals surface area (Å²) in [5.41, 5.74) is 2.03. The summed E-state index contributed by atoms with van der Waals surface area (Å²) in [6.45, 7) is 4.03. The first-order valence-corrected chi connectivity index (χ1v) is 5.13. The zero-order valence-corrected chi connectivity index (χ0v) is 9.12. The van der Waals surface area contributed by atoms with Crippen molar-refractivity contribution in [3.05, 3.63) is 23.3 Å². The van der Waals surface area contributed by atoms with Gasteiger partial charge in [0.15, 0.2) is 5.78 Å². The van der Waals surface area contributed by atoms with E-state index >= 15 is 0 Å². The lowest BCUT2D eigenvalue weighted by atomic mass is 9.86. The average Bonchev–Trinajstić information content (AvgIpc) is 2.14. The van der Waals surface area contributed by atoms with Gasteiger partial charge in [-0.05, 0) is 24.8 Å². The highest BCUT2D eigenvalue weighted by Crippen LogP contribution is 2.26. The Hall–Kier alpha value is -1.38. The summed E-state index contributed by atoms with van der Waals surface area (Å²) in [4.78, 5) is 22.0. The highest BCUT2D eigenvalue weighted by Gasteiger charge is 2.19. The number of carboxylic acids is 1. The van der Waals surface area contributed by atoms with Crippen molar-refractivity contribution < 1.29 is 14.7 Å². The van der Waals surface area contributed by atoms with E-state index < -0.39 is 5.97 Å². The van der Waals surface area contributed by atoms with Gasteiger partial charge in [0, 0.05) is 6.42 Å². The van der Waals surface area contributed by atoms with Gasteiger partial charge in [0.1, 0.15) is 0 Å². The molecule has 0 aliphatic heterocycles. The maximum atomic E-state index is 11.7. The Bertz CT molecular complexity index is 337. The Kier molecular flexibility index (Phi) is 3.83. The standard InChI is InChI=1S/C12H16O3/c1-8-3-4-10(9(2)7-8)11(13)5-6-12(14)15/h3-4,9H,5-7H2,1-2H3,(H,14,15). The topological polar surface area (TPSA) is 54.4 Å². The molecule has 1 N–H and O–H groups in total. The zero-order chi connectivity index (χ0) is 11.4. The molecule has 0 aromatic carbocycles. The van der Waals surface area contributed by atoms with Gasteiger partial charge in [-0.3, -0.25) is 9.59 Å². The number of ketones is 1. The molecule has 1 rings (SSSR count). The van der Waals surface area contributed by atoms with Crippen molar-refractivity contribution in [2.24, 2.45) is 5.92 Å². The predicted molar refractivity (Wildman–Crippen MR) is 57.5 cm³/mol. The third kappa shape index (κ3) is 3.35. The van der Waals surface area contributed by atoms with Crippen LogP contribution < -0.4 is 0 Å². The van der Waals surface area contributed by atoms with Crippen molar-refractivity contribution in [1.82, 2.24) is 0 Å². The zero-order valence-electron chi connectivity index (χ0n) is 9.12. The molecule has 0 heterocycles. The summed E-state index contributed by atoms with van der Waals surface area (Å²) in [6.07, 6.45) is 4.69. The number of carbonyl (C=O) groups is 2. The van der Waals surface area contributed by atoms with Crippen LogP contribution in [-0.2, 0) is 9.59 Å². The van der Waals surface area contributed by atoms with Crippen LogP contribution in [0.2, 0.25) is 0 Å². The predicted octanol–water partition coefficient (Wildman–Crippen LogP) is 2.33. The molecule has 1 unspecified atom stereocenters. The number of hydrogen-bond donors (Lipinski definition) is 1. The van der Waals surface area contributed by atoms with Crippen LogP contribution in [0.25, 0.3) is 0 Å². The minimum absolute atomic E-state index is 0.0337. The molecule has 0 aromatic rings. The lowest BCUT2D eigenvalue weighted by Crippen LogP contribution is -2.14. The van der Waals surface area contributed by atoms with Crippen LogP contribution >= 0.6 is 0 Å². The van der Waals surface area contributed by atoms with E-state index in [9.17, 15) is 9.59 Å². The monoisotopic (exact) mass is 208 g/mol. The molecule has 0 spiro atoms. The second-order valence-corrected chi connectivity index (χ2v) is 4.06. The minimum Gasteiger partial charge on any atom is -0.481 e. The van der Waals surface area contributed by atoms with Crippen LogP contribution in [0.5, 0.6) is 0 Å². The van der Waals surface area contributed by atoms with E-state index in [2.05, 4.69) is 0 Å². The van der Waals surface area contributed by atoms with Crippen LogP contribution in [-0.4, -0.2) is 16.9 Å². The van der Waals surface area contributed by atoms with Crippen molar-refractivity contribution >= 4 is 11.8 Å². The second kappa shape index (κ2) is 4.91. The highest BCUT2D eigenvalue weighted by atomic mass is 16.4. The lowest BCUT2D eigenvalue weighted by Gasteiger charge is -2.18. The maximum absolute atomic E-state index is 11.7. The molecule has 0 aromatic heterocycles. The number of rotatable bonds is 4. The highest BCUT2D eigenvalue weighted by molar-refractivity contribution is 5.97. The fourth-order valence-corrected chi connectivity index (χ4v) is 1.79. The van der Waals surface area contributed by atoms with Gasteiger partial charge in [-0.25, -0.2) is 0 Å². The first-order chi connectivity index (χ1) is 7.00. The summed E-state index contributed by atoms with van der Waals surface area (Å²) in [5, 5.41) is 8.49. The van der Waals surface area contributed by atoms with E-state index in [0.717, 1.165) is 12.0 Å². The van der Waals surface area contributed by atoms with Gasteiger partial charge in [-0.1, -0.05) is 24.6 Å². The number of allylic oxidation sites excluding steroid dienone is 4. The molecule has 3 heteroatoms. The molecule has 1 aliphatic carbocycles. The van der Waals surface area contributed by atoms with E-state index in [0.29, 0.717) is 0 Å². The van der Waals surface area contributed by atoms with Gasteiger partial charge >= 0.3 is 5.97 Å². The molecule has 0 amide bonds. The van der Waals surface area contributed by atoms with E-state index in [1.807, 2.05) is 26.0 Å². The summed E-state index contributed by atoms with van der Waals surface area (Å²) in [7, 11) is 0. The number of aliphatic carboxylic acids is 1. The Balaban J connectivity index is 2.63. The summed E-state index contributed by atoms with van der Waals surface area (Å²) in [5.74, 6) is -0.732. The molecular weight excluding hydrogens is 192 g/mol. The van der Waals surface area contributed by atoms with E-state index in [-0.39, 0.29) is 24.5 Å². The summed E-state index contributed by atoms with van der Waals surface area (Å²) < 4.78 is 0. The number of hydrogen-bond acceptors (Lipinski definition) is 2. The van der Waals surface area contributed by atoms with Crippen molar-refractivity contribution in [3.8, 4) is 0 Å². The second-order valence-electron chi connectivity index (χ2n) is 4.06. The molecule has 1 atom stereocenters. The van der Waals surface area contributed by atoms with E-state index in [4.69, 9.17) is 5.11 Å². The van der Waals surface area contributed by atoms with Crippen LogP contribution in [0.4, 0.5) is 0 Å². The minimum atomic E-state index is -0.917. The third-order valence-electron chi connectivity index (χ3n) is 2.59. The first-order valence-electron chi connectivity index (χ1n) is 5.13. The largest absolute Gasteiger partial charge is 0.481 e. The molecular formula is C12H16O3. The van der Waals surface area contributed by atoms with E-state index in [1.165, 1.54) is 5.57 Å². The van der Waals surface area contributed by atoms with Gasteiger partial charge in [0.05, 0.1) is 6.42 Å². The lowest BCUT2D eigenvalue weighted by molar-refractivity contribution is -0.138. The molecule has 82 valence electrons. The fourth-order valence-electron chi connectivity index (χ4n) is 1.79. The Labute approximate surface area is 89.5 Å². The van der Waals surface area contributed by atoms with Crippen molar-refractivity contribution in [2.45, 2.75) is 33.1 Å². The fraction of sp³-hybridized carbons (Fsp3) is 0.500. The third-order valence-corrected chi connectivity index (χ3v) is 2.59. The number of carboxylic acid groups (broad SMARTS) is 1. The van der Waals surface area contributed by atoms with Crippen molar-refractivity contribution in [2.75, 3.05) is 0 Å². The van der Waals surface area contributed by atoms with Gasteiger partial charge in [-0.15, -0.1) is 0 Å². The average molecular weight is 208 g/mol.